The number of hydrogen-bond acceptors (Lipinski definition) is 3. The number of benzene rings is 2. The van der Waals surface area contributed by atoms with Gasteiger partial charge in [0.1, 0.15) is 5.75 Å². The Morgan fingerprint density at radius 3 is 2.42 bits per heavy atom. The van der Waals surface area contributed by atoms with Gasteiger partial charge in [-0.2, -0.15) is 13.2 Å². The molecule has 26 heavy (non-hydrogen) atoms. The van der Waals surface area contributed by atoms with Crippen molar-refractivity contribution in [3.8, 4) is 5.75 Å². The molecule has 0 aliphatic rings. The van der Waals surface area contributed by atoms with Gasteiger partial charge in [0.05, 0.1) is 18.2 Å². The lowest BCUT2D eigenvalue weighted by Crippen LogP contribution is -2.22. The molecule has 1 atom stereocenters. The summed E-state index contributed by atoms with van der Waals surface area (Å²) in [6.45, 7) is 3.94. The first-order valence-corrected chi connectivity index (χ1v) is 8.25. The molecule has 140 valence electrons. The maximum Gasteiger partial charge on any atom is 0.416 e. The second-order valence-corrected chi connectivity index (χ2v) is 5.84. The summed E-state index contributed by atoms with van der Waals surface area (Å²) >= 11 is 0. The quantitative estimate of drug-likeness (QED) is 0.730. The molecule has 0 saturated carbocycles. The minimum atomic E-state index is -4.45. The van der Waals surface area contributed by atoms with Crippen molar-refractivity contribution >= 4 is 17.3 Å². The number of carbonyl (C=O) groups excluding carboxylic acids is 1. The summed E-state index contributed by atoms with van der Waals surface area (Å²) in [5.74, 6) is 0.294. The Morgan fingerprint density at radius 2 is 1.81 bits per heavy atom. The van der Waals surface area contributed by atoms with Crippen LogP contribution in [0.1, 0.15) is 25.8 Å². The molecular formula is C19H21F3N2O2. The third-order valence-electron chi connectivity index (χ3n) is 3.69. The number of nitrogens with one attached hydrogen (secondary N) is 2. The van der Waals surface area contributed by atoms with E-state index in [1.54, 1.807) is 24.3 Å². The summed E-state index contributed by atoms with van der Waals surface area (Å²) in [6.07, 6.45) is -3.43. The van der Waals surface area contributed by atoms with E-state index >= 15 is 0 Å². The summed E-state index contributed by atoms with van der Waals surface area (Å²) in [4.78, 5) is 11.9. The molecule has 4 nitrogen and oxygen atoms in total. The summed E-state index contributed by atoms with van der Waals surface area (Å²) in [6, 6.07) is 11.6. The predicted molar refractivity (Wildman–Crippen MR) is 95.4 cm³/mol. The van der Waals surface area contributed by atoms with Crippen LogP contribution in [0.25, 0.3) is 0 Å². The van der Waals surface area contributed by atoms with Crippen molar-refractivity contribution in [2.75, 3.05) is 17.2 Å². The van der Waals surface area contributed by atoms with Gasteiger partial charge in [0.25, 0.3) is 0 Å². The average molecular weight is 366 g/mol. The predicted octanol–water partition coefficient (Wildman–Crippen LogP) is 4.93. The number of halogens is 3. The number of rotatable bonds is 7. The number of anilines is 2. The number of carbonyl (C=O) groups is 1. The summed E-state index contributed by atoms with van der Waals surface area (Å²) in [7, 11) is 0. The van der Waals surface area contributed by atoms with E-state index in [1.807, 2.05) is 13.8 Å². The van der Waals surface area contributed by atoms with Crippen LogP contribution >= 0.6 is 0 Å². The van der Waals surface area contributed by atoms with Gasteiger partial charge in [-0.05, 0) is 55.8 Å². The van der Waals surface area contributed by atoms with Crippen LogP contribution < -0.4 is 15.4 Å². The Balaban J connectivity index is 1.87. The van der Waals surface area contributed by atoms with Gasteiger partial charge >= 0.3 is 6.18 Å². The number of amides is 1. The zero-order valence-corrected chi connectivity index (χ0v) is 14.6. The topological polar surface area (TPSA) is 50.4 Å². The van der Waals surface area contributed by atoms with Gasteiger partial charge in [-0.25, -0.2) is 0 Å². The molecule has 0 saturated heterocycles. The third-order valence-corrected chi connectivity index (χ3v) is 3.69. The summed E-state index contributed by atoms with van der Waals surface area (Å²) in [5.41, 5.74) is 0.00442. The molecule has 0 fully saturated rings. The lowest BCUT2D eigenvalue weighted by atomic mass is 10.2. The molecule has 0 heterocycles. The van der Waals surface area contributed by atoms with Gasteiger partial charge in [-0.3, -0.25) is 4.79 Å². The van der Waals surface area contributed by atoms with Gasteiger partial charge in [0.15, 0.2) is 0 Å². The monoisotopic (exact) mass is 366 g/mol. The first-order chi connectivity index (χ1) is 12.3. The molecule has 0 spiro atoms. The Kier molecular flexibility index (Phi) is 6.49. The minimum Gasteiger partial charge on any atom is -0.491 e. The third kappa shape index (κ3) is 5.98. The van der Waals surface area contributed by atoms with E-state index in [2.05, 4.69) is 10.6 Å². The Hall–Kier alpha value is -2.70. The standard InChI is InChI=1S/C19H21F3N2O2/c1-3-13(2)26-17-9-7-15(8-10-17)23-12-18(25)24-16-6-4-5-14(11-16)19(20,21)22/h4-11,13,23H,3,12H2,1-2H3,(H,24,25). The van der Waals surface area contributed by atoms with Crippen LogP contribution in [0, 0.1) is 0 Å². The molecule has 1 amide bonds. The van der Waals surface area contributed by atoms with E-state index in [0.29, 0.717) is 5.69 Å². The molecule has 2 N–H and O–H groups in total. The van der Waals surface area contributed by atoms with E-state index in [0.717, 1.165) is 24.3 Å². The van der Waals surface area contributed by atoms with Crippen LogP contribution in [-0.4, -0.2) is 18.6 Å². The van der Waals surface area contributed by atoms with E-state index in [4.69, 9.17) is 4.74 Å². The maximum atomic E-state index is 12.7. The minimum absolute atomic E-state index is 0.0676. The highest BCUT2D eigenvalue weighted by Crippen LogP contribution is 2.30. The van der Waals surface area contributed by atoms with Gasteiger partial charge < -0.3 is 15.4 Å². The van der Waals surface area contributed by atoms with Crippen LogP contribution in [-0.2, 0) is 11.0 Å². The van der Waals surface area contributed by atoms with E-state index < -0.39 is 17.6 Å². The normalized spacial score (nSPS) is 12.3. The fraction of sp³-hybridized carbons (Fsp3) is 0.316. The van der Waals surface area contributed by atoms with Crippen LogP contribution in [0.15, 0.2) is 48.5 Å². The molecule has 0 radical (unpaired) electrons. The molecule has 0 bridgehead atoms. The van der Waals surface area contributed by atoms with Crippen molar-refractivity contribution in [2.24, 2.45) is 0 Å². The first kappa shape index (κ1) is 19.6. The van der Waals surface area contributed by atoms with Crippen LogP contribution in [0.5, 0.6) is 5.75 Å². The number of ether oxygens (including phenoxy) is 1. The van der Waals surface area contributed by atoms with E-state index in [1.165, 1.54) is 12.1 Å². The van der Waals surface area contributed by atoms with E-state index in [9.17, 15) is 18.0 Å². The Morgan fingerprint density at radius 1 is 1.12 bits per heavy atom. The Bertz CT molecular complexity index is 730. The molecular weight excluding hydrogens is 345 g/mol. The van der Waals surface area contributed by atoms with Gasteiger partial charge in [-0.1, -0.05) is 13.0 Å². The van der Waals surface area contributed by atoms with Crippen molar-refractivity contribution in [1.29, 1.82) is 0 Å². The van der Waals surface area contributed by atoms with Gasteiger partial charge in [0.2, 0.25) is 5.91 Å². The summed E-state index contributed by atoms with van der Waals surface area (Å²) in [5, 5.41) is 5.36. The number of hydrogen-bond donors (Lipinski definition) is 2. The second-order valence-electron chi connectivity index (χ2n) is 5.84. The van der Waals surface area contributed by atoms with Gasteiger partial charge in [-0.15, -0.1) is 0 Å². The fourth-order valence-corrected chi connectivity index (χ4v) is 2.13. The second kappa shape index (κ2) is 8.60. The molecule has 0 aromatic heterocycles. The lowest BCUT2D eigenvalue weighted by Gasteiger charge is -2.13. The smallest absolute Gasteiger partial charge is 0.416 e. The lowest BCUT2D eigenvalue weighted by molar-refractivity contribution is -0.137. The highest BCUT2D eigenvalue weighted by atomic mass is 19.4. The summed E-state index contributed by atoms with van der Waals surface area (Å²) < 4.78 is 43.7. The van der Waals surface area contributed by atoms with Crippen molar-refractivity contribution in [3.63, 3.8) is 0 Å². The molecule has 1 unspecified atom stereocenters. The maximum absolute atomic E-state index is 12.7. The van der Waals surface area contributed by atoms with E-state index in [-0.39, 0.29) is 18.3 Å². The SMILES string of the molecule is CCC(C)Oc1ccc(NCC(=O)Nc2cccc(C(F)(F)F)c2)cc1. The molecule has 0 aliphatic heterocycles. The zero-order valence-electron chi connectivity index (χ0n) is 14.6. The molecule has 7 heteroatoms. The average Bonchev–Trinajstić information content (AvgIpc) is 2.60. The van der Waals surface area contributed by atoms with Crippen LogP contribution in [0.4, 0.5) is 24.5 Å². The van der Waals surface area contributed by atoms with Crippen molar-refractivity contribution in [1.82, 2.24) is 0 Å². The molecule has 0 aliphatic carbocycles. The van der Waals surface area contributed by atoms with Crippen molar-refractivity contribution < 1.29 is 22.7 Å². The molecule has 2 aromatic rings. The number of alkyl halides is 3. The Labute approximate surface area is 150 Å². The first-order valence-electron chi connectivity index (χ1n) is 8.25. The fourth-order valence-electron chi connectivity index (χ4n) is 2.13. The van der Waals surface area contributed by atoms with Gasteiger partial charge in [0, 0.05) is 11.4 Å². The van der Waals surface area contributed by atoms with Crippen molar-refractivity contribution in [3.05, 3.63) is 54.1 Å². The zero-order chi connectivity index (χ0) is 19.2. The van der Waals surface area contributed by atoms with Crippen LogP contribution in [0.2, 0.25) is 0 Å². The van der Waals surface area contributed by atoms with Crippen molar-refractivity contribution in [2.45, 2.75) is 32.5 Å². The largest absolute Gasteiger partial charge is 0.491 e. The highest BCUT2D eigenvalue weighted by molar-refractivity contribution is 5.93. The van der Waals surface area contributed by atoms with Crippen LogP contribution in [0.3, 0.4) is 0 Å². The molecule has 2 rings (SSSR count). The highest BCUT2D eigenvalue weighted by Gasteiger charge is 2.30. The molecule has 2 aromatic carbocycles.